The molecule has 124 valence electrons. The average Bonchev–Trinajstić information content (AvgIpc) is 2.79. The Hall–Kier alpha value is -1.20. The van der Waals surface area contributed by atoms with Crippen molar-refractivity contribution >= 4 is 5.82 Å². The van der Waals surface area contributed by atoms with E-state index in [2.05, 4.69) is 31.6 Å². The third-order valence-electron chi connectivity index (χ3n) is 6.40. The van der Waals surface area contributed by atoms with Gasteiger partial charge in [0.15, 0.2) is 0 Å². The van der Waals surface area contributed by atoms with E-state index in [1.54, 1.807) is 6.33 Å². The van der Waals surface area contributed by atoms with Crippen molar-refractivity contribution in [3.05, 3.63) is 18.1 Å². The number of aromatic nitrogens is 2. The Kier molecular flexibility index (Phi) is 3.52. The Labute approximate surface area is 138 Å². The molecule has 0 aromatic carbocycles. The van der Waals surface area contributed by atoms with Gasteiger partial charge in [-0.15, -0.1) is 0 Å². The van der Waals surface area contributed by atoms with Gasteiger partial charge >= 0.3 is 0 Å². The molecule has 6 rings (SSSR count). The number of hydrogen-bond acceptors (Lipinski definition) is 5. The standard InChI is InChI=1S/C18H27N5/c1-2-14(9-19-3-1)16-8-17(21-11-20-16)23-10-13-4-12-5-15(6-13)22-18(23)7-12/h8,11-15,18-19,22H,1-7,9-10H2. The van der Waals surface area contributed by atoms with Gasteiger partial charge in [-0.1, -0.05) is 0 Å². The van der Waals surface area contributed by atoms with Crippen LogP contribution in [0.1, 0.15) is 50.1 Å². The van der Waals surface area contributed by atoms with Crippen LogP contribution in [-0.2, 0) is 0 Å². The first-order valence-electron chi connectivity index (χ1n) is 9.40. The van der Waals surface area contributed by atoms with Gasteiger partial charge in [-0.05, 0) is 56.9 Å². The van der Waals surface area contributed by atoms with Crippen LogP contribution >= 0.6 is 0 Å². The Balaban J connectivity index is 1.42. The fourth-order valence-electron chi connectivity index (χ4n) is 5.42. The van der Waals surface area contributed by atoms with Gasteiger partial charge in [-0.3, -0.25) is 5.32 Å². The van der Waals surface area contributed by atoms with Gasteiger partial charge in [0, 0.05) is 31.1 Å². The second kappa shape index (κ2) is 5.71. The van der Waals surface area contributed by atoms with E-state index in [4.69, 9.17) is 0 Å². The van der Waals surface area contributed by atoms with Crippen molar-refractivity contribution in [3.8, 4) is 0 Å². The predicted molar refractivity (Wildman–Crippen MR) is 90.4 cm³/mol. The molecule has 4 bridgehead atoms. The van der Waals surface area contributed by atoms with E-state index in [0.29, 0.717) is 12.1 Å². The summed E-state index contributed by atoms with van der Waals surface area (Å²) in [4.78, 5) is 11.8. The zero-order valence-corrected chi connectivity index (χ0v) is 13.7. The zero-order valence-electron chi connectivity index (χ0n) is 13.7. The monoisotopic (exact) mass is 313 g/mol. The van der Waals surface area contributed by atoms with E-state index < -0.39 is 0 Å². The highest BCUT2D eigenvalue weighted by molar-refractivity contribution is 5.42. The zero-order chi connectivity index (χ0) is 15.2. The van der Waals surface area contributed by atoms with Crippen molar-refractivity contribution in [1.29, 1.82) is 0 Å². The maximum Gasteiger partial charge on any atom is 0.133 e. The van der Waals surface area contributed by atoms with Gasteiger partial charge in [0.2, 0.25) is 0 Å². The van der Waals surface area contributed by atoms with E-state index in [0.717, 1.165) is 36.8 Å². The minimum absolute atomic E-state index is 0.485. The van der Waals surface area contributed by atoms with Crippen LogP contribution in [0.2, 0.25) is 0 Å². The first-order valence-corrected chi connectivity index (χ1v) is 9.40. The van der Waals surface area contributed by atoms with Crippen molar-refractivity contribution < 1.29 is 0 Å². The highest BCUT2D eigenvalue weighted by atomic mass is 15.3. The third-order valence-corrected chi connectivity index (χ3v) is 6.40. The number of nitrogens with one attached hydrogen (secondary N) is 2. The van der Waals surface area contributed by atoms with E-state index in [1.807, 2.05) is 0 Å². The molecule has 1 aromatic rings. The normalized spacial score (nSPS) is 39.5. The number of fused-ring (bicyclic) bond motifs is 1. The molecule has 5 atom stereocenters. The fourth-order valence-corrected chi connectivity index (χ4v) is 5.42. The van der Waals surface area contributed by atoms with Crippen molar-refractivity contribution in [2.75, 3.05) is 24.5 Å². The van der Waals surface area contributed by atoms with Crippen molar-refractivity contribution in [1.82, 2.24) is 20.6 Å². The Morgan fingerprint density at radius 3 is 2.91 bits per heavy atom. The Bertz CT molecular complexity index is 556. The number of anilines is 1. The van der Waals surface area contributed by atoms with Crippen LogP contribution in [0.4, 0.5) is 5.82 Å². The largest absolute Gasteiger partial charge is 0.341 e. The molecule has 1 aliphatic carbocycles. The molecule has 4 saturated heterocycles. The molecule has 5 unspecified atom stereocenters. The van der Waals surface area contributed by atoms with E-state index >= 15 is 0 Å². The van der Waals surface area contributed by atoms with Crippen LogP contribution in [0.5, 0.6) is 0 Å². The molecule has 5 nitrogen and oxygen atoms in total. The van der Waals surface area contributed by atoms with E-state index in [9.17, 15) is 0 Å². The molecule has 1 saturated carbocycles. The van der Waals surface area contributed by atoms with Gasteiger partial charge in [0.05, 0.1) is 11.9 Å². The molecule has 23 heavy (non-hydrogen) atoms. The molecular weight excluding hydrogens is 286 g/mol. The topological polar surface area (TPSA) is 53.1 Å². The third kappa shape index (κ3) is 2.64. The lowest BCUT2D eigenvalue weighted by atomic mass is 9.76. The van der Waals surface area contributed by atoms with Gasteiger partial charge in [0.1, 0.15) is 12.1 Å². The minimum Gasteiger partial charge on any atom is -0.341 e. The number of rotatable bonds is 2. The summed E-state index contributed by atoms with van der Waals surface area (Å²) in [5.41, 5.74) is 1.23. The summed E-state index contributed by atoms with van der Waals surface area (Å²) in [6.45, 7) is 3.38. The Morgan fingerprint density at radius 1 is 1.09 bits per heavy atom. The first kappa shape index (κ1) is 14.2. The molecule has 0 spiro atoms. The van der Waals surface area contributed by atoms with Gasteiger partial charge in [-0.2, -0.15) is 0 Å². The number of hydrogen-bond donors (Lipinski definition) is 2. The molecule has 5 heterocycles. The summed E-state index contributed by atoms with van der Waals surface area (Å²) in [6, 6.07) is 3.01. The maximum absolute atomic E-state index is 4.65. The lowest BCUT2D eigenvalue weighted by Gasteiger charge is -2.40. The summed E-state index contributed by atoms with van der Waals surface area (Å²) in [7, 11) is 0. The lowest BCUT2D eigenvalue weighted by molar-refractivity contribution is 0.174. The van der Waals surface area contributed by atoms with Gasteiger partial charge in [-0.25, -0.2) is 9.97 Å². The van der Waals surface area contributed by atoms with Crippen LogP contribution in [-0.4, -0.2) is 41.8 Å². The summed E-state index contributed by atoms with van der Waals surface area (Å²) >= 11 is 0. The average molecular weight is 313 g/mol. The minimum atomic E-state index is 0.485. The summed E-state index contributed by atoms with van der Waals surface area (Å²) in [5.74, 6) is 3.47. The molecule has 0 amide bonds. The highest BCUT2D eigenvalue weighted by Crippen LogP contribution is 2.41. The van der Waals surface area contributed by atoms with E-state index in [-0.39, 0.29) is 0 Å². The molecule has 1 aromatic heterocycles. The predicted octanol–water partition coefficient (Wildman–Crippen LogP) is 1.87. The maximum atomic E-state index is 4.65. The van der Waals surface area contributed by atoms with Gasteiger partial charge < -0.3 is 10.2 Å². The fraction of sp³-hybridized carbons (Fsp3) is 0.778. The summed E-state index contributed by atoms with van der Waals surface area (Å²) in [6.07, 6.45) is 10.2. The quantitative estimate of drug-likeness (QED) is 0.873. The lowest BCUT2D eigenvalue weighted by Crippen LogP contribution is -2.52. The molecular formula is C18H27N5. The molecule has 4 aliphatic heterocycles. The van der Waals surface area contributed by atoms with Crippen LogP contribution in [0, 0.1) is 11.8 Å². The summed E-state index contributed by atoms with van der Waals surface area (Å²) in [5, 5.41) is 7.38. The van der Waals surface area contributed by atoms with Crippen molar-refractivity contribution in [2.24, 2.45) is 11.8 Å². The second-order valence-corrected chi connectivity index (χ2v) is 8.05. The number of piperidine rings is 2. The molecule has 5 aliphatic rings. The van der Waals surface area contributed by atoms with Crippen LogP contribution < -0.4 is 15.5 Å². The first-order chi connectivity index (χ1) is 11.3. The van der Waals surface area contributed by atoms with E-state index in [1.165, 1.54) is 50.8 Å². The molecule has 5 fully saturated rings. The molecule has 5 heteroatoms. The summed E-state index contributed by atoms with van der Waals surface area (Å²) < 4.78 is 0. The Morgan fingerprint density at radius 2 is 2.04 bits per heavy atom. The van der Waals surface area contributed by atoms with Crippen molar-refractivity contribution in [3.63, 3.8) is 0 Å². The number of nitrogens with zero attached hydrogens (tertiary/aromatic N) is 3. The van der Waals surface area contributed by atoms with Crippen LogP contribution in [0.25, 0.3) is 0 Å². The SMILES string of the molecule is c1nc(C2CCCNC2)cc(N2CC3CC4CC(C3)NC2C4)n1. The molecule has 0 radical (unpaired) electrons. The van der Waals surface area contributed by atoms with Crippen molar-refractivity contribution in [2.45, 2.75) is 56.7 Å². The second-order valence-electron chi connectivity index (χ2n) is 8.05. The highest BCUT2D eigenvalue weighted by Gasteiger charge is 2.42. The smallest absolute Gasteiger partial charge is 0.133 e. The van der Waals surface area contributed by atoms with Crippen LogP contribution in [0.15, 0.2) is 12.4 Å². The molecule has 2 N–H and O–H groups in total. The van der Waals surface area contributed by atoms with Crippen LogP contribution in [0.3, 0.4) is 0 Å². The van der Waals surface area contributed by atoms with Gasteiger partial charge in [0.25, 0.3) is 0 Å².